The molecule has 0 amide bonds. The highest BCUT2D eigenvalue weighted by Gasteiger charge is 2.37. The minimum Gasteiger partial charge on any atom is -1.00 e. The summed E-state index contributed by atoms with van der Waals surface area (Å²) >= 11 is 16.5. The lowest BCUT2D eigenvalue weighted by Crippen LogP contribution is -3.16. The first-order chi connectivity index (χ1) is 33.9. The molecule has 4 atom stereocenters. The number of thioether (sulfide) groups is 3. The zero-order valence-electron chi connectivity index (χ0n) is 43.8. The van der Waals surface area contributed by atoms with Crippen molar-refractivity contribution in [3.63, 3.8) is 0 Å². The first-order valence-electron chi connectivity index (χ1n) is 27.5. The van der Waals surface area contributed by atoms with Gasteiger partial charge in [0, 0.05) is 67.8 Å². The molecular weight excluding hydrogens is 976 g/mol. The quantitative estimate of drug-likeness (QED) is 0.134. The maximum absolute atomic E-state index is 6.09. The standard InChI is InChI=1S/2C15H21NS.C13H17NS.C7H12ClN.C6H6S.2C2H6.ClH/c2*1-2-12-3-5-14(6-4-12)17-15-11-16-9-7-13(15)8-10-16;1-2-4-12(5-3-1)15-13-10-14-8-6-11(13)7-9-14;8-7-5-9-3-1-6(7)2-4-9;7-6-4-2-1-3-5-6;2*1-2;/h2*3-6,13,15H,2,7-11H2,1H3;1-5,11,13H,6-10H2;6-7H,1-5H2;1-5,7H;2*1-2H3;1H/t2*15-;13-;;;;;/m000...../s1. The minimum absolute atomic E-state index is 0. The molecule has 0 radical (unpaired) electrons. The van der Waals surface area contributed by atoms with Crippen LogP contribution >= 0.6 is 59.5 Å². The molecule has 1 N–H and O–H groups in total. The Morgan fingerprint density at radius 1 is 0.471 bits per heavy atom. The summed E-state index contributed by atoms with van der Waals surface area (Å²) < 4.78 is 0. The smallest absolute Gasteiger partial charge is 0.0940 e. The summed E-state index contributed by atoms with van der Waals surface area (Å²) in [5.74, 6) is 3.77. The van der Waals surface area contributed by atoms with Crippen molar-refractivity contribution in [3.8, 4) is 0 Å². The van der Waals surface area contributed by atoms with Crippen LogP contribution in [0.1, 0.15) is 104 Å². The van der Waals surface area contributed by atoms with Gasteiger partial charge in [0.05, 0.1) is 25.0 Å². The van der Waals surface area contributed by atoms with E-state index in [4.69, 9.17) is 11.6 Å². The number of aryl methyl sites for hydroxylation is 2. The minimum atomic E-state index is 0. The monoisotopic (exact) mass is 1060 g/mol. The predicted molar refractivity (Wildman–Crippen MR) is 309 cm³/mol. The number of benzene rings is 4. The van der Waals surface area contributed by atoms with Crippen LogP contribution in [0.3, 0.4) is 0 Å². The SMILES string of the molecule is CC.CC.CCc1ccc(S[C@H]2CN3CCC2CC3)cc1.CCc1ccc(S[C@H]2CN3CCC2CC3)cc1.ClC1C[NH+]2CCC1CC2.Sc1ccccc1.[Cl-].c1ccc(S[C@H]2CN3CCC2CC3)cc1. The van der Waals surface area contributed by atoms with Crippen molar-refractivity contribution < 1.29 is 17.3 Å². The molecule has 10 heteroatoms. The second-order valence-electron chi connectivity index (χ2n) is 19.8. The van der Waals surface area contributed by atoms with Crippen LogP contribution in [0.25, 0.3) is 0 Å². The van der Waals surface area contributed by atoms with Crippen LogP contribution in [-0.4, -0.2) is 114 Å². The van der Waals surface area contributed by atoms with E-state index in [1.54, 1.807) is 4.90 Å². The van der Waals surface area contributed by atoms with Gasteiger partial charge >= 0.3 is 0 Å². The summed E-state index contributed by atoms with van der Waals surface area (Å²) in [4.78, 5) is 15.0. The first-order valence-corrected chi connectivity index (χ1v) is 31.0. The molecule has 4 aromatic carbocycles. The number of fused-ring (bicyclic) bond motifs is 12. The number of hydrogen-bond acceptors (Lipinski definition) is 7. The number of nitrogens with zero attached hydrogens (tertiary/aromatic N) is 3. The maximum atomic E-state index is 6.09. The fourth-order valence-corrected chi connectivity index (χ4v) is 16.1. The molecule has 16 rings (SSSR count). The van der Waals surface area contributed by atoms with E-state index in [-0.39, 0.29) is 12.4 Å². The van der Waals surface area contributed by atoms with Crippen LogP contribution in [0.5, 0.6) is 0 Å². The number of rotatable bonds is 8. The number of piperidine rings is 12. The first kappa shape index (κ1) is 59.6. The Labute approximate surface area is 457 Å². The normalized spacial score (nSPS) is 30.2. The van der Waals surface area contributed by atoms with E-state index in [2.05, 4.69) is 155 Å². The van der Waals surface area contributed by atoms with Gasteiger partial charge in [0.1, 0.15) is 0 Å². The van der Waals surface area contributed by atoms with Gasteiger partial charge in [0.25, 0.3) is 0 Å². The van der Waals surface area contributed by atoms with Gasteiger partial charge in [-0.25, -0.2) is 0 Å². The molecule has 12 fully saturated rings. The molecule has 12 aliphatic rings. The van der Waals surface area contributed by atoms with E-state index in [1.165, 1.54) is 156 Å². The number of quaternary nitrogens is 1. The molecule has 4 nitrogen and oxygen atoms in total. The molecule has 0 saturated carbocycles. The number of nitrogens with one attached hydrogen (secondary N) is 1. The van der Waals surface area contributed by atoms with E-state index in [0.29, 0.717) is 5.38 Å². The average molecular weight is 1070 g/mol. The topological polar surface area (TPSA) is 14.2 Å². The van der Waals surface area contributed by atoms with Crippen molar-refractivity contribution in [2.45, 2.75) is 146 Å². The van der Waals surface area contributed by atoms with E-state index >= 15 is 0 Å². The molecule has 0 spiro atoms. The molecule has 1 unspecified atom stereocenters. The third kappa shape index (κ3) is 19.1. The lowest BCUT2D eigenvalue weighted by atomic mass is 9.88. The Hall–Kier alpha value is -1.30. The number of alkyl halides is 1. The molecule has 8 bridgehead atoms. The van der Waals surface area contributed by atoms with Crippen LogP contribution in [0, 0.1) is 23.7 Å². The third-order valence-electron chi connectivity index (χ3n) is 15.5. The van der Waals surface area contributed by atoms with Crippen molar-refractivity contribution in [1.29, 1.82) is 0 Å². The summed E-state index contributed by atoms with van der Waals surface area (Å²) in [6.45, 7) is 28.4. The van der Waals surface area contributed by atoms with Crippen LogP contribution in [0.15, 0.2) is 129 Å². The van der Waals surface area contributed by atoms with Gasteiger partial charge < -0.3 is 32.0 Å². The summed E-state index contributed by atoms with van der Waals surface area (Å²) in [7, 11) is 0. The second-order valence-corrected chi connectivity index (χ2v) is 24.8. The van der Waals surface area contributed by atoms with E-state index in [9.17, 15) is 0 Å². The fraction of sp³-hybridized carbons (Fsp3) is 0.600. The summed E-state index contributed by atoms with van der Waals surface area (Å²) in [6, 6.07) is 39.0. The zero-order chi connectivity index (χ0) is 48.8. The van der Waals surface area contributed by atoms with E-state index in [1.807, 2.05) is 58.0 Å². The lowest BCUT2D eigenvalue weighted by Gasteiger charge is -2.44. The van der Waals surface area contributed by atoms with Crippen LogP contribution in [0.4, 0.5) is 0 Å². The highest BCUT2D eigenvalue weighted by atomic mass is 35.5. The molecule has 12 aliphatic heterocycles. The Balaban J connectivity index is 0.000000164. The molecular formula is C60H90Cl2N4S4. The van der Waals surface area contributed by atoms with Gasteiger partial charge in [-0.1, -0.05) is 102 Å². The summed E-state index contributed by atoms with van der Waals surface area (Å²) in [5.41, 5.74) is 2.89. The largest absolute Gasteiger partial charge is 1.00 e. The maximum Gasteiger partial charge on any atom is 0.0940 e. The third-order valence-corrected chi connectivity index (χ3v) is 20.5. The summed E-state index contributed by atoms with van der Waals surface area (Å²) in [6.07, 6.45) is 13.6. The van der Waals surface area contributed by atoms with Gasteiger partial charge in [0.15, 0.2) is 0 Å². The van der Waals surface area contributed by atoms with Gasteiger partial charge in [-0.3, -0.25) is 0 Å². The van der Waals surface area contributed by atoms with Gasteiger partial charge in [-0.2, -0.15) is 0 Å². The Kier molecular flexibility index (Phi) is 28.0. The van der Waals surface area contributed by atoms with E-state index in [0.717, 1.165) is 57.2 Å². The lowest BCUT2D eigenvalue weighted by molar-refractivity contribution is -0.915. The van der Waals surface area contributed by atoms with Crippen LogP contribution < -0.4 is 17.3 Å². The van der Waals surface area contributed by atoms with E-state index < -0.39 is 0 Å². The Morgan fingerprint density at radius 3 is 1.03 bits per heavy atom. The van der Waals surface area contributed by atoms with Crippen LogP contribution in [0.2, 0.25) is 0 Å². The fourth-order valence-electron chi connectivity index (χ4n) is 11.2. The highest BCUT2D eigenvalue weighted by molar-refractivity contribution is 8.00. The van der Waals surface area contributed by atoms with Gasteiger partial charge in [-0.05, 0) is 174 Å². The van der Waals surface area contributed by atoms with Gasteiger partial charge in [0.2, 0.25) is 0 Å². The molecule has 12 saturated heterocycles. The Bertz CT molecular complexity index is 1860. The van der Waals surface area contributed by atoms with Gasteiger partial charge in [-0.15, -0.1) is 59.5 Å². The number of halogens is 2. The predicted octanol–water partition coefficient (Wildman–Crippen LogP) is 10.7. The van der Waals surface area contributed by atoms with Crippen LogP contribution in [-0.2, 0) is 12.8 Å². The summed E-state index contributed by atoms with van der Waals surface area (Å²) in [5, 5.41) is 3.02. The Morgan fingerprint density at radius 2 is 0.800 bits per heavy atom. The molecule has 388 valence electrons. The van der Waals surface area contributed by atoms with Crippen molar-refractivity contribution in [2.75, 3.05) is 78.5 Å². The van der Waals surface area contributed by atoms with Crippen molar-refractivity contribution in [1.82, 2.24) is 14.7 Å². The highest BCUT2D eigenvalue weighted by Crippen LogP contribution is 2.41. The van der Waals surface area contributed by atoms with Crippen molar-refractivity contribution >= 4 is 59.5 Å². The zero-order valence-corrected chi connectivity index (χ0v) is 48.7. The van der Waals surface area contributed by atoms with Crippen molar-refractivity contribution in [2.24, 2.45) is 23.7 Å². The number of thiol groups is 1. The molecule has 70 heavy (non-hydrogen) atoms. The van der Waals surface area contributed by atoms with Crippen molar-refractivity contribution in [3.05, 3.63) is 120 Å². The molecule has 12 heterocycles. The second kappa shape index (κ2) is 32.9. The molecule has 0 aromatic heterocycles. The molecule has 4 aromatic rings. The average Bonchev–Trinajstić information content (AvgIpc) is 3.43. The number of hydrogen-bond donors (Lipinski definition) is 2. The molecule has 0 aliphatic carbocycles.